The molecule has 3 rings (SSSR count). The summed E-state index contributed by atoms with van der Waals surface area (Å²) in [4.78, 5) is 12.6. The average molecular weight is 329 g/mol. The van der Waals surface area contributed by atoms with E-state index < -0.39 is 0 Å². The van der Waals surface area contributed by atoms with Crippen molar-refractivity contribution in [3.63, 3.8) is 0 Å². The van der Waals surface area contributed by atoms with Gasteiger partial charge in [-0.25, -0.2) is 0 Å². The molecule has 0 saturated carbocycles. The number of benzene rings is 3. The molecular weight excluding hydrogens is 310 g/mol. The number of para-hydroxylation sites is 1. The largest absolute Gasteiger partial charge is 0.322 e. The van der Waals surface area contributed by atoms with Crippen LogP contribution in [0.3, 0.4) is 0 Å². The molecule has 0 bridgehead atoms. The number of nitrogens with zero attached hydrogens (tertiary/aromatic N) is 2. The molecule has 0 atom stereocenters. The second kappa shape index (κ2) is 7.53. The first-order chi connectivity index (χ1) is 12.1. The number of rotatable bonds is 4. The molecule has 1 amide bonds. The van der Waals surface area contributed by atoms with Gasteiger partial charge < -0.3 is 5.32 Å². The van der Waals surface area contributed by atoms with E-state index in [9.17, 15) is 4.79 Å². The van der Waals surface area contributed by atoms with Crippen LogP contribution in [-0.2, 0) is 0 Å². The molecule has 3 aromatic carbocycles. The second-order valence-electron chi connectivity index (χ2n) is 5.88. The van der Waals surface area contributed by atoms with Crippen molar-refractivity contribution in [3.8, 4) is 0 Å². The lowest BCUT2D eigenvalue weighted by Crippen LogP contribution is -2.12. The highest BCUT2D eigenvalue weighted by Crippen LogP contribution is 2.25. The minimum Gasteiger partial charge on any atom is -0.322 e. The Bertz CT molecular complexity index is 917. The Morgan fingerprint density at radius 1 is 0.800 bits per heavy atom. The lowest BCUT2D eigenvalue weighted by atomic mass is 10.1. The first-order valence-electron chi connectivity index (χ1n) is 8.07. The maximum Gasteiger partial charge on any atom is 0.257 e. The van der Waals surface area contributed by atoms with Gasteiger partial charge in [-0.3, -0.25) is 4.79 Å². The number of amides is 1. The van der Waals surface area contributed by atoms with Gasteiger partial charge in [0.1, 0.15) is 0 Å². The Labute approximate surface area is 147 Å². The second-order valence-corrected chi connectivity index (χ2v) is 5.88. The van der Waals surface area contributed by atoms with E-state index in [0.29, 0.717) is 11.3 Å². The van der Waals surface area contributed by atoms with Crippen LogP contribution in [-0.4, -0.2) is 5.91 Å². The maximum absolute atomic E-state index is 12.6. The molecule has 0 radical (unpaired) electrons. The highest BCUT2D eigenvalue weighted by Gasteiger charge is 2.12. The summed E-state index contributed by atoms with van der Waals surface area (Å²) in [5.74, 6) is -0.204. The van der Waals surface area contributed by atoms with Crippen molar-refractivity contribution >= 4 is 23.0 Å². The van der Waals surface area contributed by atoms with Crippen molar-refractivity contribution in [2.45, 2.75) is 13.8 Å². The van der Waals surface area contributed by atoms with E-state index in [4.69, 9.17) is 0 Å². The molecular formula is C21H19N3O. The number of azo groups is 1. The zero-order valence-corrected chi connectivity index (χ0v) is 14.2. The molecule has 1 N–H and O–H groups in total. The highest BCUT2D eigenvalue weighted by atomic mass is 16.1. The predicted octanol–water partition coefficient (Wildman–Crippen LogP) is 5.97. The zero-order chi connectivity index (χ0) is 17.6. The first-order valence-corrected chi connectivity index (χ1v) is 8.07. The van der Waals surface area contributed by atoms with E-state index in [1.165, 1.54) is 0 Å². The number of carbonyl (C=O) groups is 1. The molecule has 124 valence electrons. The molecule has 0 fully saturated rings. The highest BCUT2D eigenvalue weighted by molar-refractivity contribution is 6.07. The molecule has 0 aliphatic heterocycles. The Balaban J connectivity index is 1.89. The number of anilines is 1. The number of hydrogen-bond acceptors (Lipinski definition) is 3. The zero-order valence-electron chi connectivity index (χ0n) is 14.2. The van der Waals surface area contributed by atoms with Crippen LogP contribution >= 0.6 is 0 Å². The van der Waals surface area contributed by atoms with E-state index in [-0.39, 0.29) is 5.91 Å². The van der Waals surface area contributed by atoms with Gasteiger partial charge >= 0.3 is 0 Å². The summed E-state index contributed by atoms with van der Waals surface area (Å²) in [6, 6.07) is 22.7. The van der Waals surface area contributed by atoms with Gasteiger partial charge in [0.25, 0.3) is 5.91 Å². The normalized spacial score (nSPS) is 10.8. The number of carbonyl (C=O) groups excluding carboxylic acids is 1. The third-order valence-corrected chi connectivity index (χ3v) is 3.70. The molecule has 0 aromatic heterocycles. The minimum absolute atomic E-state index is 0.204. The molecule has 0 aliphatic carbocycles. The van der Waals surface area contributed by atoms with Crippen molar-refractivity contribution in [1.29, 1.82) is 0 Å². The SMILES string of the molecule is Cc1cccc(N=Nc2cc(C)ccc2C(=O)Nc2ccccc2)c1. The Kier molecular flexibility index (Phi) is 5.00. The summed E-state index contributed by atoms with van der Waals surface area (Å²) in [5, 5.41) is 11.5. The molecule has 4 nitrogen and oxygen atoms in total. The van der Waals surface area contributed by atoms with Crippen LogP contribution in [0, 0.1) is 13.8 Å². The molecule has 0 unspecified atom stereocenters. The average Bonchev–Trinajstić information content (AvgIpc) is 2.61. The quantitative estimate of drug-likeness (QED) is 0.589. The van der Waals surface area contributed by atoms with Crippen LogP contribution in [0.15, 0.2) is 83.0 Å². The Morgan fingerprint density at radius 3 is 2.32 bits per heavy atom. The number of hydrogen-bond donors (Lipinski definition) is 1. The van der Waals surface area contributed by atoms with E-state index >= 15 is 0 Å². The third-order valence-electron chi connectivity index (χ3n) is 3.70. The number of nitrogens with one attached hydrogen (secondary N) is 1. The molecule has 0 heterocycles. The van der Waals surface area contributed by atoms with Crippen LogP contribution < -0.4 is 5.32 Å². The van der Waals surface area contributed by atoms with Crippen LogP contribution in [0.2, 0.25) is 0 Å². The fourth-order valence-electron chi connectivity index (χ4n) is 2.44. The van der Waals surface area contributed by atoms with Gasteiger partial charge in [0, 0.05) is 5.69 Å². The van der Waals surface area contributed by atoms with Crippen LogP contribution in [0.5, 0.6) is 0 Å². The minimum atomic E-state index is -0.204. The van der Waals surface area contributed by atoms with Gasteiger partial charge in [-0.05, 0) is 61.4 Å². The summed E-state index contributed by atoms with van der Waals surface area (Å²) in [5.41, 5.74) is 4.68. The summed E-state index contributed by atoms with van der Waals surface area (Å²) in [7, 11) is 0. The molecule has 0 saturated heterocycles. The topological polar surface area (TPSA) is 53.8 Å². The van der Waals surface area contributed by atoms with Crippen LogP contribution in [0.4, 0.5) is 17.1 Å². The molecule has 0 aliphatic rings. The van der Waals surface area contributed by atoms with E-state index in [2.05, 4.69) is 15.5 Å². The van der Waals surface area contributed by atoms with Gasteiger partial charge in [0.15, 0.2) is 0 Å². The summed E-state index contributed by atoms with van der Waals surface area (Å²) >= 11 is 0. The van der Waals surface area contributed by atoms with Gasteiger partial charge in [-0.2, -0.15) is 5.11 Å². The molecule has 0 spiro atoms. The van der Waals surface area contributed by atoms with Crippen molar-refractivity contribution in [2.75, 3.05) is 5.32 Å². The Morgan fingerprint density at radius 2 is 1.56 bits per heavy atom. The summed E-state index contributed by atoms with van der Waals surface area (Å²) < 4.78 is 0. The standard InChI is InChI=1S/C21H19N3O/c1-15-7-6-10-18(13-15)23-24-20-14-16(2)11-12-19(20)21(25)22-17-8-4-3-5-9-17/h3-14H,1-2H3,(H,22,25). The third kappa shape index (κ3) is 4.38. The summed E-state index contributed by atoms with van der Waals surface area (Å²) in [6.07, 6.45) is 0. The van der Waals surface area contributed by atoms with Gasteiger partial charge in [0.05, 0.1) is 16.9 Å². The number of aryl methyl sites for hydroxylation is 2. The monoisotopic (exact) mass is 329 g/mol. The smallest absolute Gasteiger partial charge is 0.257 e. The van der Waals surface area contributed by atoms with Gasteiger partial charge in [0.2, 0.25) is 0 Å². The predicted molar refractivity (Wildman–Crippen MR) is 101 cm³/mol. The van der Waals surface area contributed by atoms with Crippen molar-refractivity contribution in [3.05, 3.63) is 89.5 Å². The molecule has 3 aromatic rings. The lowest BCUT2D eigenvalue weighted by Gasteiger charge is -2.08. The molecule has 4 heteroatoms. The van der Waals surface area contributed by atoms with E-state index in [0.717, 1.165) is 22.5 Å². The molecule has 25 heavy (non-hydrogen) atoms. The van der Waals surface area contributed by atoms with Gasteiger partial charge in [-0.1, -0.05) is 36.4 Å². The van der Waals surface area contributed by atoms with Crippen LogP contribution in [0.1, 0.15) is 21.5 Å². The van der Waals surface area contributed by atoms with Crippen molar-refractivity contribution in [2.24, 2.45) is 10.2 Å². The van der Waals surface area contributed by atoms with Crippen molar-refractivity contribution in [1.82, 2.24) is 0 Å². The fraction of sp³-hybridized carbons (Fsp3) is 0.0952. The fourth-order valence-corrected chi connectivity index (χ4v) is 2.44. The van der Waals surface area contributed by atoms with E-state index in [1.807, 2.05) is 80.6 Å². The summed E-state index contributed by atoms with van der Waals surface area (Å²) in [6.45, 7) is 3.97. The first kappa shape index (κ1) is 16.6. The lowest BCUT2D eigenvalue weighted by molar-refractivity contribution is 0.102. The van der Waals surface area contributed by atoms with Crippen molar-refractivity contribution < 1.29 is 4.79 Å². The van der Waals surface area contributed by atoms with Gasteiger partial charge in [-0.15, -0.1) is 5.11 Å². The maximum atomic E-state index is 12.6. The Hall–Kier alpha value is -3.27. The van der Waals surface area contributed by atoms with Crippen LogP contribution in [0.25, 0.3) is 0 Å². The van der Waals surface area contributed by atoms with E-state index in [1.54, 1.807) is 6.07 Å².